The van der Waals surface area contributed by atoms with Crippen molar-refractivity contribution in [2.45, 2.75) is 26.8 Å². The molecule has 0 aliphatic rings. The summed E-state index contributed by atoms with van der Waals surface area (Å²) in [5, 5.41) is 5.61. The van der Waals surface area contributed by atoms with E-state index in [0.29, 0.717) is 13.1 Å². The fraction of sp³-hybridized carbons (Fsp3) is 0.417. The van der Waals surface area contributed by atoms with Crippen molar-refractivity contribution in [1.82, 2.24) is 10.6 Å². The Balaban J connectivity index is 2.47. The van der Waals surface area contributed by atoms with Gasteiger partial charge in [-0.3, -0.25) is 0 Å². The van der Waals surface area contributed by atoms with Crippen LogP contribution >= 0.6 is 15.9 Å². The van der Waals surface area contributed by atoms with E-state index in [1.807, 2.05) is 32.0 Å². The van der Waals surface area contributed by atoms with Gasteiger partial charge in [0.15, 0.2) is 0 Å². The van der Waals surface area contributed by atoms with Crippen LogP contribution in [0.15, 0.2) is 22.7 Å². The zero-order chi connectivity index (χ0) is 12.0. The van der Waals surface area contributed by atoms with E-state index in [-0.39, 0.29) is 6.03 Å². The van der Waals surface area contributed by atoms with E-state index < -0.39 is 0 Å². The lowest BCUT2D eigenvalue weighted by molar-refractivity contribution is 0.240. The first-order valence-electron chi connectivity index (χ1n) is 5.40. The van der Waals surface area contributed by atoms with Crippen LogP contribution < -0.4 is 10.6 Å². The zero-order valence-electron chi connectivity index (χ0n) is 9.64. The Morgan fingerprint density at radius 3 is 2.81 bits per heavy atom. The van der Waals surface area contributed by atoms with Crippen molar-refractivity contribution < 1.29 is 4.79 Å². The van der Waals surface area contributed by atoms with Crippen molar-refractivity contribution in [3.8, 4) is 0 Å². The number of rotatable bonds is 4. The summed E-state index contributed by atoms with van der Waals surface area (Å²) in [6.07, 6.45) is 0.948. The van der Waals surface area contributed by atoms with E-state index in [1.54, 1.807) is 0 Å². The van der Waals surface area contributed by atoms with Gasteiger partial charge < -0.3 is 10.6 Å². The molecule has 88 valence electrons. The van der Waals surface area contributed by atoms with Gasteiger partial charge in [0.05, 0.1) is 0 Å². The molecule has 0 saturated carbocycles. The quantitative estimate of drug-likeness (QED) is 0.877. The summed E-state index contributed by atoms with van der Waals surface area (Å²) in [7, 11) is 0. The highest BCUT2D eigenvalue weighted by molar-refractivity contribution is 9.10. The standard InChI is InChI=1S/C12H17BrN2O/c1-3-6-14-12(16)15-8-10-7-11(13)5-4-9(10)2/h4-5,7H,3,6,8H2,1-2H3,(H2,14,15,16). The van der Waals surface area contributed by atoms with Crippen molar-refractivity contribution in [3.63, 3.8) is 0 Å². The van der Waals surface area contributed by atoms with Crippen LogP contribution in [-0.4, -0.2) is 12.6 Å². The monoisotopic (exact) mass is 284 g/mol. The molecular weight excluding hydrogens is 268 g/mol. The fourth-order valence-corrected chi connectivity index (χ4v) is 1.72. The lowest BCUT2D eigenvalue weighted by atomic mass is 10.1. The predicted molar refractivity (Wildman–Crippen MR) is 69.4 cm³/mol. The van der Waals surface area contributed by atoms with Crippen LogP contribution in [0.3, 0.4) is 0 Å². The molecule has 0 aromatic heterocycles. The average molecular weight is 285 g/mol. The highest BCUT2D eigenvalue weighted by Crippen LogP contribution is 2.15. The maximum atomic E-state index is 11.3. The Bertz CT molecular complexity index is 366. The number of aryl methyl sites for hydroxylation is 1. The van der Waals surface area contributed by atoms with Gasteiger partial charge in [0.2, 0.25) is 0 Å². The Kier molecular flexibility index (Phi) is 5.32. The van der Waals surface area contributed by atoms with E-state index in [4.69, 9.17) is 0 Å². The molecule has 1 rings (SSSR count). The molecule has 3 nitrogen and oxygen atoms in total. The van der Waals surface area contributed by atoms with E-state index in [0.717, 1.165) is 16.5 Å². The van der Waals surface area contributed by atoms with Crippen LogP contribution in [0, 0.1) is 6.92 Å². The topological polar surface area (TPSA) is 41.1 Å². The molecule has 0 radical (unpaired) electrons. The van der Waals surface area contributed by atoms with E-state index in [2.05, 4.69) is 26.6 Å². The first-order chi connectivity index (χ1) is 7.63. The number of halogens is 1. The summed E-state index contributed by atoms with van der Waals surface area (Å²) >= 11 is 3.42. The van der Waals surface area contributed by atoms with Gasteiger partial charge in [-0.25, -0.2) is 4.79 Å². The molecule has 0 heterocycles. The van der Waals surface area contributed by atoms with Crippen molar-refractivity contribution in [2.24, 2.45) is 0 Å². The van der Waals surface area contributed by atoms with Crippen molar-refractivity contribution in [2.75, 3.05) is 6.54 Å². The van der Waals surface area contributed by atoms with Crippen LogP contribution in [0.1, 0.15) is 24.5 Å². The molecule has 2 N–H and O–H groups in total. The number of carbonyl (C=O) groups is 1. The third-order valence-corrected chi connectivity index (χ3v) is 2.78. The summed E-state index contributed by atoms with van der Waals surface area (Å²) in [5.74, 6) is 0. The van der Waals surface area contributed by atoms with Gasteiger partial charge in [0, 0.05) is 17.6 Å². The SMILES string of the molecule is CCCNC(=O)NCc1cc(Br)ccc1C. The molecule has 0 atom stereocenters. The molecule has 0 spiro atoms. The summed E-state index contributed by atoms with van der Waals surface area (Å²) < 4.78 is 1.03. The number of amides is 2. The Hall–Kier alpha value is -1.03. The highest BCUT2D eigenvalue weighted by atomic mass is 79.9. The molecule has 0 aliphatic carbocycles. The second kappa shape index (κ2) is 6.53. The van der Waals surface area contributed by atoms with Crippen molar-refractivity contribution >= 4 is 22.0 Å². The Morgan fingerprint density at radius 1 is 1.38 bits per heavy atom. The van der Waals surface area contributed by atoms with Gasteiger partial charge in [0.25, 0.3) is 0 Å². The zero-order valence-corrected chi connectivity index (χ0v) is 11.2. The maximum Gasteiger partial charge on any atom is 0.315 e. The minimum atomic E-state index is -0.110. The van der Waals surface area contributed by atoms with E-state index in [1.165, 1.54) is 5.56 Å². The van der Waals surface area contributed by atoms with Crippen LogP contribution in [0.2, 0.25) is 0 Å². The summed E-state index contributed by atoms with van der Waals surface area (Å²) in [5.41, 5.74) is 2.31. The molecular formula is C12H17BrN2O. The second-order valence-electron chi connectivity index (χ2n) is 3.68. The highest BCUT2D eigenvalue weighted by Gasteiger charge is 2.02. The van der Waals surface area contributed by atoms with Crippen LogP contribution in [0.25, 0.3) is 0 Å². The fourth-order valence-electron chi connectivity index (χ4n) is 1.31. The lowest BCUT2D eigenvalue weighted by Gasteiger charge is -2.09. The molecule has 0 fully saturated rings. The normalized spacial score (nSPS) is 9.94. The molecule has 16 heavy (non-hydrogen) atoms. The van der Waals surface area contributed by atoms with Crippen LogP contribution in [0.5, 0.6) is 0 Å². The number of hydrogen-bond donors (Lipinski definition) is 2. The van der Waals surface area contributed by atoms with Gasteiger partial charge >= 0.3 is 6.03 Å². The third kappa shape index (κ3) is 4.23. The first-order valence-corrected chi connectivity index (χ1v) is 6.19. The molecule has 0 bridgehead atoms. The summed E-state index contributed by atoms with van der Waals surface area (Å²) in [6, 6.07) is 5.94. The van der Waals surface area contributed by atoms with Gasteiger partial charge in [0.1, 0.15) is 0 Å². The van der Waals surface area contributed by atoms with Crippen molar-refractivity contribution in [3.05, 3.63) is 33.8 Å². The smallest absolute Gasteiger partial charge is 0.315 e. The van der Waals surface area contributed by atoms with Gasteiger partial charge in [-0.1, -0.05) is 28.9 Å². The maximum absolute atomic E-state index is 11.3. The van der Waals surface area contributed by atoms with Gasteiger partial charge in [-0.05, 0) is 36.6 Å². The number of urea groups is 1. The number of carbonyl (C=O) groups excluding carboxylic acids is 1. The van der Waals surface area contributed by atoms with Crippen molar-refractivity contribution in [1.29, 1.82) is 0 Å². The lowest BCUT2D eigenvalue weighted by Crippen LogP contribution is -2.35. The van der Waals surface area contributed by atoms with Crippen LogP contribution in [-0.2, 0) is 6.54 Å². The molecule has 0 unspecified atom stereocenters. The largest absolute Gasteiger partial charge is 0.338 e. The molecule has 0 aliphatic heterocycles. The molecule has 4 heteroatoms. The third-order valence-electron chi connectivity index (χ3n) is 2.29. The molecule has 1 aromatic carbocycles. The minimum absolute atomic E-state index is 0.110. The van der Waals surface area contributed by atoms with E-state index in [9.17, 15) is 4.79 Å². The Labute approximate surface area is 105 Å². The van der Waals surface area contributed by atoms with E-state index >= 15 is 0 Å². The second-order valence-corrected chi connectivity index (χ2v) is 4.60. The predicted octanol–water partition coefficient (Wildman–Crippen LogP) is 2.97. The molecule has 0 saturated heterocycles. The van der Waals surface area contributed by atoms with Gasteiger partial charge in [-0.2, -0.15) is 0 Å². The number of nitrogens with one attached hydrogen (secondary N) is 2. The summed E-state index contributed by atoms with van der Waals surface area (Å²) in [4.78, 5) is 11.3. The van der Waals surface area contributed by atoms with Crippen LogP contribution in [0.4, 0.5) is 4.79 Å². The first kappa shape index (κ1) is 13.0. The molecule has 1 aromatic rings. The summed E-state index contributed by atoms with van der Waals surface area (Å²) in [6.45, 7) is 5.33. The Morgan fingerprint density at radius 2 is 2.12 bits per heavy atom. The molecule has 2 amide bonds. The van der Waals surface area contributed by atoms with Gasteiger partial charge in [-0.15, -0.1) is 0 Å². The minimum Gasteiger partial charge on any atom is -0.338 e. The average Bonchev–Trinajstić information content (AvgIpc) is 2.27. The number of benzene rings is 1. The number of hydrogen-bond acceptors (Lipinski definition) is 1.